The molecule has 23 heavy (non-hydrogen) atoms. The van der Waals surface area contributed by atoms with E-state index in [0.717, 1.165) is 23.9 Å². The molecule has 3 aromatic rings. The van der Waals surface area contributed by atoms with E-state index in [2.05, 4.69) is 15.4 Å². The summed E-state index contributed by atoms with van der Waals surface area (Å²) < 4.78 is 40.6. The van der Waals surface area contributed by atoms with Gasteiger partial charge in [-0.15, -0.1) is 5.10 Å². The molecule has 0 aliphatic heterocycles. The molecular formula is C14H12ClFN4O2S. The molecule has 1 N–H and O–H groups in total. The van der Waals surface area contributed by atoms with Crippen LogP contribution in [0.5, 0.6) is 0 Å². The smallest absolute Gasteiger partial charge is 0.214 e. The Bertz CT molecular complexity index is 1020. The highest BCUT2D eigenvalue weighted by Crippen LogP contribution is 2.32. The van der Waals surface area contributed by atoms with Crippen molar-refractivity contribution in [1.82, 2.24) is 14.6 Å². The highest BCUT2D eigenvalue weighted by molar-refractivity contribution is 7.91. The fraction of sp³-hybridized carbons (Fsp3) is 0.143. The van der Waals surface area contributed by atoms with Crippen LogP contribution >= 0.6 is 11.6 Å². The summed E-state index contributed by atoms with van der Waals surface area (Å²) in [6.07, 6.45) is 1.50. The maximum atomic E-state index is 13.3. The molecule has 0 bridgehead atoms. The van der Waals surface area contributed by atoms with Gasteiger partial charge in [0, 0.05) is 18.9 Å². The number of hydrogen-bond acceptors (Lipinski definition) is 5. The SMILES string of the molecule is CNc1nn2c(C)ccnc2c1S(=O)(=O)c1ccc(F)c(Cl)c1. The van der Waals surface area contributed by atoms with Gasteiger partial charge in [-0.3, -0.25) is 0 Å². The van der Waals surface area contributed by atoms with E-state index < -0.39 is 15.7 Å². The summed E-state index contributed by atoms with van der Waals surface area (Å²) in [6.45, 7) is 1.78. The van der Waals surface area contributed by atoms with Crippen LogP contribution in [0.2, 0.25) is 5.02 Å². The molecule has 0 radical (unpaired) electrons. The van der Waals surface area contributed by atoms with Gasteiger partial charge in [0.15, 0.2) is 16.4 Å². The topological polar surface area (TPSA) is 76.4 Å². The summed E-state index contributed by atoms with van der Waals surface area (Å²) in [6, 6.07) is 4.96. The summed E-state index contributed by atoms with van der Waals surface area (Å²) in [5.41, 5.74) is 0.917. The Kier molecular flexibility index (Phi) is 3.73. The second-order valence-corrected chi connectivity index (χ2v) is 7.12. The Morgan fingerprint density at radius 2 is 2.04 bits per heavy atom. The molecular weight excluding hydrogens is 343 g/mol. The minimum atomic E-state index is -3.98. The lowest BCUT2D eigenvalue weighted by Gasteiger charge is -2.06. The largest absolute Gasteiger partial charge is 0.370 e. The zero-order valence-corrected chi connectivity index (χ0v) is 13.8. The molecule has 0 atom stereocenters. The zero-order chi connectivity index (χ0) is 16.8. The van der Waals surface area contributed by atoms with Crippen LogP contribution in [0, 0.1) is 12.7 Å². The van der Waals surface area contributed by atoms with E-state index in [1.54, 1.807) is 20.0 Å². The number of aromatic nitrogens is 3. The van der Waals surface area contributed by atoms with E-state index >= 15 is 0 Å². The van der Waals surface area contributed by atoms with Crippen LogP contribution in [0.25, 0.3) is 5.65 Å². The molecule has 1 aromatic carbocycles. The first-order chi connectivity index (χ1) is 10.9. The van der Waals surface area contributed by atoms with Gasteiger partial charge in [-0.05, 0) is 31.2 Å². The lowest BCUT2D eigenvalue weighted by atomic mass is 10.3. The van der Waals surface area contributed by atoms with E-state index in [1.165, 1.54) is 10.7 Å². The summed E-state index contributed by atoms with van der Waals surface area (Å²) in [7, 11) is -2.42. The third-order valence-electron chi connectivity index (χ3n) is 3.37. The number of benzene rings is 1. The number of nitrogens with one attached hydrogen (secondary N) is 1. The Balaban J connectivity index is 2.34. The fourth-order valence-electron chi connectivity index (χ4n) is 2.21. The molecule has 2 heterocycles. The normalized spacial score (nSPS) is 11.8. The van der Waals surface area contributed by atoms with Gasteiger partial charge in [-0.2, -0.15) is 0 Å². The lowest BCUT2D eigenvalue weighted by molar-refractivity contribution is 0.595. The van der Waals surface area contributed by atoms with E-state index in [9.17, 15) is 12.8 Å². The van der Waals surface area contributed by atoms with E-state index in [-0.39, 0.29) is 26.3 Å². The van der Waals surface area contributed by atoms with Gasteiger partial charge in [0.1, 0.15) is 5.82 Å². The van der Waals surface area contributed by atoms with Crippen LogP contribution in [0.15, 0.2) is 40.3 Å². The maximum Gasteiger partial charge on any atom is 0.214 e. The monoisotopic (exact) mass is 354 g/mol. The highest BCUT2D eigenvalue weighted by atomic mass is 35.5. The Labute approximate surface area is 136 Å². The molecule has 120 valence electrons. The van der Waals surface area contributed by atoms with Gasteiger partial charge < -0.3 is 5.32 Å². The van der Waals surface area contributed by atoms with Crippen molar-refractivity contribution in [2.45, 2.75) is 16.7 Å². The van der Waals surface area contributed by atoms with Crippen molar-refractivity contribution in [3.8, 4) is 0 Å². The van der Waals surface area contributed by atoms with E-state index in [0.29, 0.717) is 0 Å². The van der Waals surface area contributed by atoms with Crippen LogP contribution in [0.1, 0.15) is 5.69 Å². The van der Waals surface area contributed by atoms with Gasteiger partial charge in [-0.1, -0.05) is 11.6 Å². The average molecular weight is 355 g/mol. The second-order valence-electron chi connectivity index (χ2n) is 4.83. The van der Waals surface area contributed by atoms with Gasteiger partial charge in [0.25, 0.3) is 0 Å². The minimum Gasteiger partial charge on any atom is -0.370 e. The van der Waals surface area contributed by atoms with E-state index in [1.807, 2.05) is 0 Å². The Morgan fingerprint density at radius 3 is 2.70 bits per heavy atom. The van der Waals surface area contributed by atoms with Crippen LogP contribution in [-0.2, 0) is 9.84 Å². The molecule has 0 amide bonds. The molecule has 9 heteroatoms. The third-order valence-corrected chi connectivity index (χ3v) is 5.45. The van der Waals surface area contributed by atoms with Gasteiger partial charge in [-0.25, -0.2) is 22.3 Å². The van der Waals surface area contributed by atoms with Gasteiger partial charge >= 0.3 is 0 Å². The number of hydrogen-bond donors (Lipinski definition) is 1. The minimum absolute atomic E-state index is 0.0774. The van der Waals surface area contributed by atoms with Crippen molar-refractivity contribution in [3.63, 3.8) is 0 Å². The number of sulfone groups is 1. The Hall–Kier alpha value is -2.19. The molecule has 0 aliphatic rings. The third kappa shape index (κ3) is 2.43. The number of anilines is 1. The predicted octanol–water partition coefficient (Wildman–Crippen LogP) is 2.70. The predicted molar refractivity (Wildman–Crippen MR) is 84.1 cm³/mol. The van der Waals surface area contributed by atoms with Crippen molar-refractivity contribution in [1.29, 1.82) is 0 Å². The molecule has 3 rings (SSSR count). The van der Waals surface area contributed by atoms with Crippen molar-refractivity contribution >= 4 is 32.9 Å². The summed E-state index contributed by atoms with van der Waals surface area (Å²) in [4.78, 5) is 3.91. The van der Waals surface area contributed by atoms with Crippen LogP contribution in [0.3, 0.4) is 0 Å². The highest BCUT2D eigenvalue weighted by Gasteiger charge is 2.29. The molecule has 0 spiro atoms. The van der Waals surface area contributed by atoms with E-state index in [4.69, 9.17) is 11.6 Å². The van der Waals surface area contributed by atoms with Crippen molar-refractivity contribution in [2.24, 2.45) is 0 Å². The first-order valence-electron chi connectivity index (χ1n) is 6.58. The maximum absolute atomic E-state index is 13.3. The number of fused-ring (bicyclic) bond motifs is 1. The first-order valence-corrected chi connectivity index (χ1v) is 8.44. The molecule has 0 saturated heterocycles. The van der Waals surface area contributed by atoms with Crippen molar-refractivity contribution in [2.75, 3.05) is 12.4 Å². The van der Waals surface area contributed by atoms with Gasteiger partial charge in [0.05, 0.1) is 9.92 Å². The molecule has 0 aliphatic carbocycles. The van der Waals surface area contributed by atoms with Crippen LogP contribution in [-0.4, -0.2) is 30.1 Å². The molecule has 0 fully saturated rings. The molecule has 0 unspecified atom stereocenters. The Morgan fingerprint density at radius 1 is 1.30 bits per heavy atom. The zero-order valence-electron chi connectivity index (χ0n) is 12.2. The molecule has 0 saturated carbocycles. The number of aryl methyl sites for hydroxylation is 1. The second kappa shape index (κ2) is 5.47. The number of rotatable bonds is 3. The quantitative estimate of drug-likeness (QED) is 0.732. The van der Waals surface area contributed by atoms with Crippen LogP contribution in [0.4, 0.5) is 10.2 Å². The number of halogens is 2. The van der Waals surface area contributed by atoms with Crippen LogP contribution < -0.4 is 5.32 Å². The van der Waals surface area contributed by atoms with Crippen molar-refractivity contribution in [3.05, 3.63) is 47.0 Å². The molecule has 6 nitrogen and oxygen atoms in total. The standard InChI is InChI=1S/C14H12ClFN4O2S/c1-8-5-6-18-14-12(13(17-2)19-20(8)14)23(21,22)9-3-4-11(16)10(15)7-9/h3-7H,1-2H3,(H,17,19). The average Bonchev–Trinajstić information content (AvgIpc) is 2.90. The van der Waals surface area contributed by atoms with Gasteiger partial charge in [0.2, 0.25) is 9.84 Å². The fourth-order valence-corrected chi connectivity index (χ4v) is 3.99. The first kappa shape index (κ1) is 15.7. The van der Waals surface area contributed by atoms with Crippen molar-refractivity contribution < 1.29 is 12.8 Å². The number of nitrogens with zero attached hydrogens (tertiary/aromatic N) is 3. The summed E-state index contributed by atoms with van der Waals surface area (Å²) >= 11 is 5.71. The lowest BCUT2D eigenvalue weighted by Crippen LogP contribution is -2.06. The summed E-state index contributed by atoms with van der Waals surface area (Å²) in [5, 5.41) is 6.71. The molecule has 2 aromatic heterocycles. The summed E-state index contributed by atoms with van der Waals surface area (Å²) in [5.74, 6) is -0.527.